The number of nitrogens with zero attached hydrogens (tertiary/aromatic N) is 3. The van der Waals surface area contributed by atoms with Gasteiger partial charge in [-0.25, -0.2) is 0 Å². The van der Waals surface area contributed by atoms with Crippen molar-refractivity contribution in [1.82, 2.24) is 9.80 Å². The molecule has 0 aromatic heterocycles. The maximum atomic E-state index is 13.7. The second-order valence-electron chi connectivity index (χ2n) is 12.7. The standard InChI is InChI=1S/C37H46N6O6/c1-24-11-14-32(34(20-24)49-19-6-5-8-26(23-44)43-17-15-41(2)16-18-43)42(3)37(47)25-12-13-30(33(21-25)48-4)40-36(46)27-9-7-10-29-28(27)22-31(39-29)35(38)45/h7,9-14,20-21,23,26,31,39H,5-6,8,15-19,22H2,1-4H3,(H2,38,45)(H,40,46). The molecule has 0 aliphatic carbocycles. The fourth-order valence-corrected chi connectivity index (χ4v) is 6.33. The Kier molecular flexibility index (Phi) is 11.5. The molecule has 5 rings (SSSR count). The first-order chi connectivity index (χ1) is 23.6. The number of nitrogens with one attached hydrogen (secondary N) is 2. The zero-order chi connectivity index (χ0) is 35.1. The number of hydrogen-bond acceptors (Lipinski definition) is 9. The Morgan fingerprint density at radius 1 is 1.06 bits per heavy atom. The number of aldehydes is 1. The van der Waals surface area contributed by atoms with Crippen LogP contribution in [0.15, 0.2) is 54.6 Å². The van der Waals surface area contributed by atoms with Crippen LogP contribution >= 0.6 is 0 Å². The molecule has 49 heavy (non-hydrogen) atoms. The normalized spacial score (nSPS) is 16.6. The number of carbonyl (C=O) groups is 4. The average Bonchev–Trinajstić information content (AvgIpc) is 3.55. The van der Waals surface area contributed by atoms with Crippen molar-refractivity contribution < 1.29 is 28.7 Å². The van der Waals surface area contributed by atoms with Crippen LogP contribution in [-0.4, -0.2) is 99.9 Å². The van der Waals surface area contributed by atoms with Gasteiger partial charge in [0, 0.05) is 56.5 Å². The summed E-state index contributed by atoms with van der Waals surface area (Å²) in [5.74, 6) is -0.226. The van der Waals surface area contributed by atoms with Crippen molar-refractivity contribution in [3.8, 4) is 11.5 Å². The first-order valence-electron chi connectivity index (χ1n) is 16.7. The maximum absolute atomic E-state index is 13.7. The molecule has 3 amide bonds. The lowest BCUT2D eigenvalue weighted by atomic mass is 10.0. The second-order valence-corrected chi connectivity index (χ2v) is 12.7. The minimum Gasteiger partial charge on any atom is -0.495 e. The number of hydrogen-bond donors (Lipinski definition) is 3. The molecule has 2 unspecified atom stereocenters. The lowest BCUT2D eigenvalue weighted by molar-refractivity contribution is -0.118. The maximum Gasteiger partial charge on any atom is 0.258 e. The number of amides is 3. The Morgan fingerprint density at radius 2 is 1.84 bits per heavy atom. The number of rotatable bonds is 14. The Hall–Kier alpha value is -4.94. The molecule has 1 saturated heterocycles. The number of methoxy groups -OCH3 is 1. The number of carbonyl (C=O) groups excluding carboxylic acids is 4. The second kappa shape index (κ2) is 16.0. The van der Waals surface area contributed by atoms with Gasteiger partial charge in [-0.05, 0) is 86.8 Å². The van der Waals surface area contributed by atoms with Crippen molar-refractivity contribution in [1.29, 1.82) is 0 Å². The zero-order valence-electron chi connectivity index (χ0n) is 28.7. The van der Waals surface area contributed by atoms with Crippen LogP contribution < -0.4 is 30.7 Å². The predicted octanol–water partition coefficient (Wildman–Crippen LogP) is 3.72. The van der Waals surface area contributed by atoms with E-state index in [1.54, 1.807) is 43.4 Å². The van der Waals surface area contributed by atoms with Crippen molar-refractivity contribution in [3.05, 3.63) is 76.9 Å². The fourth-order valence-electron chi connectivity index (χ4n) is 6.33. The number of aryl methyl sites for hydroxylation is 1. The number of fused-ring (bicyclic) bond motifs is 1. The molecule has 2 heterocycles. The molecule has 3 aromatic carbocycles. The van der Waals surface area contributed by atoms with Gasteiger partial charge in [-0.15, -0.1) is 0 Å². The van der Waals surface area contributed by atoms with Crippen LogP contribution in [-0.2, 0) is 16.0 Å². The average molecular weight is 671 g/mol. The minimum absolute atomic E-state index is 0.0731. The smallest absolute Gasteiger partial charge is 0.258 e. The summed E-state index contributed by atoms with van der Waals surface area (Å²) in [6.07, 6.45) is 3.80. The molecule has 0 saturated carbocycles. The van der Waals surface area contributed by atoms with Gasteiger partial charge in [0.1, 0.15) is 23.8 Å². The minimum atomic E-state index is -0.575. The topological polar surface area (TPSA) is 147 Å². The van der Waals surface area contributed by atoms with Gasteiger partial charge >= 0.3 is 0 Å². The molecular formula is C37H46N6O6. The van der Waals surface area contributed by atoms with Gasteiger partial charge in [-0.2, -0.15) is 0 Å². The number of unbranched alkanes of at least 4 members (excludes halogenated alkanes) is 1. The Bertz CT molecular complexity index is 1690. The van der Waals surface area contributed by atoms with Gasteiger partial charge in [0.2, 0.25) is 5.91 Å². The van der Waals surface area contributed by atoms with Crippen molar-refractivity contribution in [3.63, 3.8) is 0 Å². The molecule has 0 spiro atoms. The molecule has 260 valence electrons. The Morgan fingerprint density at radius 3 is 2.55 bits per heavy atom. The summed E-state index contributed by atoms with van der Waals surface area (Å²) in [5.41, 5.74) is 9.68. The van der Waals surface area contributed by atoms with Gasteiger partial charge in [-0.3, -0.25) is 19.3 Å². The predicted molar refractivity (Wildman–Crippen MR) is 190 cm³/mol. The van der Waals surface area contributed by atoms with Crippen molar-refractivity contribution in [2.45, 2.75) is 44.7 Å². The third-order valence-corrected chi connectivity index (χ3v) is 9.30. The third-order valence-electron chi connectivity index (χ3n) is 9.30. The summed E-state index contributed by atoms with van der Waals surface area (Å²) in [7, 11) is 5.26. The van der Waals surface area contributed by atoms with E-state index in [9.17, 15) is 19.2 Å². The van der Waals surface area contributed by atoms with Crippen LogP contribution in [0.5, 0.6) is 11.5 Å². The fraction of sp³-hybridized carbons (Fsp3) is 0.405. The van der Waals surface area contributed by atoms with Gasteiger partial charge in [0.15, 0.2) is 0 Å². The van der Waals surface area contributed by atoms with E-state index < -0.39 is 11.9 Å². The molecule has 2 aliphatic heterocycles. The molecule has 2 aliphatic rings. The molecule has 12 heteroatoms. The van der Waals surface area contributed by atoms with Crippen LogP contribution in [0.3, 0.4) is 0 Å². The van der Waals surface area contributed by atoms with Gasteiger partial charge in [-0.1, -0.05) is 12.1 Å². The summed E-state index contributed by atoms with van der Waals surface area (Å²) < 4.78 is 11.8. The highest BCUT2D eigenvalue weighted by Crippen LogP contribution is 2.33. The van der Waals surface area contributed by atoms with E-state index in [4.69, 9.17) is 15.2 Å². The van der Waals surface area contributed by atoms with Crippen LogP contribution in [0.4, 0.5) is 17.1 Å². The molecule has 12 nitrogen and oxygen atoms in total. The molecule has 1 fully saturated rings. The number of anilines is 3. The summed E-state index contributed by atoms with van der Waals surface area (Å²) in [5, 5.41) is 5.94. The van der Waals surface area contributed by atoms with Gasteiger partial charge < -0.3 is 40.4 Å². The summed E-state index contributed by atoms with van der Waals surface area (Å²) in [6.45, 7) is 6.17. The SMILES string of the molecule is COc1cc(C(=O)N(C)c2ccc(C)cc2OCCCCC(C=O)N2CCN(C)CC2)ccc1NC(=O)c1cccc2c1CC(C(N)=O)N2. The van der Waals surface area contributed by atoms with E-state index in [2.05, 4.69) is 27.5 Å². The quantitative estimate of drug-likeness (QED) is 0.173. The Balaban J connectivity index is 1.21. The third kappa shape index (κ3) is 8.38. The van der Waals surface area contributed by atoms with E-state index in [0.717, 1.165) is 57.3 Å². The molecule has 3 aromatic rings. The molecule has 2 atom stereocenters. The van der Waals surface area contributed by atoms with Crippen molar-refractivity contribution >= 4 is 41.1 Å². The van der Waals surface area contributed by atoms with E-state index >= 15 is 0 Å². The van der Waals surface area contributed by atoms with Crippen LogP contribution in [0, 0.1) is 6.92 Å². The summed E-state index contributed by atoms with van der Waals surface area (Å²) >= 11 is 0. The summed E-state index contributed by atoms with van der Waals surface area (Å²) in [4.78, 5) is 56.6. The van der Waals surface area contributed by atoms with Crippen molar-refractivity contribution in [2.75, 3.05) is 69.5 Å². The highest BCUT2D eigenvalue weighted by Gasteiger charge is 2.29. The number of likely N-dealkylation sites (N-methyl/N-ethyl adjacent to an activating group) is 1. The highest BCUT2D eigenvalue weighted by molar-refractivity contribution is 6.09. The number of piperazine rings is 1. The summed E-state index contributed by atoms with van der Waals surface area (Å²) in [6, 6.07) is 15.1. The first-order valence-corrected chi connectivity index (χ1v) is 16.7. The number of nitrogens with two attached hydrogens (primary N) is 1. The van der Waals surface area contributed by atoms with Gasteiger partial charge in [0.05, 0.1) is 31.1 Å². The van der Waals surface area contributed by atoms with E-state index in [-0.39, 0.29) is 17.9 Å². The van der Waals surface area contributed by atoms with E-state index in [1.807, 2.05) is 25.1 Å². The molecule has 0 bridgehead atoms. The number of ether oxygens (including phenoxy) is 2. The lowest BCUT2D eigenvalue weighted by Gasteiger charge is -2.35. The van der Waals surface area contributed by atoms with Gasteiger partial charge in [0.25, 0.3) is 11.8 Å². The monoisotopic (exact) mass is 670 g/mol. The largest absolute Gasteiger partial charge is 0.495 e. The first kappa shape index (κ1) is 35.4. The van der Waals surface area contributed by atoms with E-state index in [0.29, 0.717) is 58.3 Å². The number of primary amides is 1. The zero-order valence-corrected chi connectivity index (χ0v) is 28.7. The number of benzene rings is 3. The van der Waals surface area contributed by atoms with Crippen LogP contribution in [0.1, 0.15) is 51.1 Å². The Labute approximate surface area is 287 Å². The lowest BCUT2D eigenvalue weighted by Crippen LogP contribution is -2.49. The highest BCUT2D eigenvalue weighted by atomic mass is 16.5. The van der Waals surface area contributed by atoms with Crippen LogP contribution in [0.25, 0.3) is 0 Å². The van der Waals surface area contributed by atoms with E-state index in [1.165, 1.54) is 12.0 Å². The molecule has 0 radical (unpaired) electrons. The van der Waals surface area contributed by atoms with Crippen LogP contribution in [0.2, 0.25) is 0 Å². The molecule has 4 N–H and O–H groups in total. The van der Waals surface area contributed by atoms with Crippen molar-refractivity contribution in [2.24, 2.45) is 5.73 Å². The molecular weight excluding hydrogens is 624 g/mol.